The van der Waals surface area contributed by atoms with Crippen molar-refractivity contribution in [3.05, 3.63) is 27.8 Å². The predicted octanol–water partition coefficient (Wildman–Crippen LogP) is 1.57. The molecule has 1 aromatic carbocycles. The maximum absolute atomic E-state index is 11.6. The number of rotatable bonds is 8. The lowest BCUT2D eigenvalue weighted by Gasteiger charge is -2.12. The quantitative estimate of drug-likeness (QED) is 0.443. The standard InChI is InChI=1S/C14H18N2O6/c1-9(2)6-15-13(18)8-22-14-11(16(19)20)4-10(7-17)5-12(14)21-3/h4-5,7,9H,6,8H2,1-3H3,(H,15,18). The van der Waals surface area contributed by atoms with Crippen LogP contribution in [0.25, 0.3) is 0 Å². The minimum absolute atomic E-state index is 0.0213. The molecule has 0 atom stereocenters. The van der Waals surface area contributed by atoms with Crippen LogP contribution in [-0.2, 0) is 4.79 Å². The molecule has 0 bridgehead atoms. The van der Waals surface area contributed by atoms with E-state index in [2.05, 4.69) is 5.32 Å². The Labute approximate surface area is 127 Å². The maximum Gasteiger partial charge on any atom is 0.315 e. The van der Waals surface area contributed by atoms with Crippen molar-refractivity contribution >= 4 is 17.9 Å². The third-order valence-corrected chi connectivity index (χ3v) is 2.67. The van der Waals surface area contributed by atoms with Crippen molar-refractivity contribution in [2.24, 2.45) is 5.92 Å². The SMILES string of the molecule is COc1cc(C=O)cc([N+](=O)[O-])c1OCC(=O)NCC(C)C. The highest BCUT2D eigenvalue weighted by molar-refractivity contribution is 5.80. The van der Waals surface area contributed by atoms with Crippen LogP contribution < -0.4 is 14.8 Å². The van der Waals surface area contributed by atoms with Crippen molar-refractivity contribution in [2.75, 3.05) is 20.3 Å². The van der Waals surface area contributed by atoms with Gasteiger partial charge in [-0.25, -0.2) is 0 Å². The fraction of sp³-hybridized carbons (Fsp3) is 0.429. The van der Waals surface area contributed by atoms with Crippen molar-refractivity contribution in [1.82, 2.24) is 5.32 Å². The van der Waals surface area contributed by atoms with Crippen molar-refractivity contribution in [3.63, 3.8) is 0 Å². The molecule has 22 heavy (non-hydrogen) atoms. The van der Waals surface area contributed by atoms with E-state index in [4.69, 9.17) is 9.47 Å². The van der Waals surface area contributed by atoms with Gasteiger partial charge in [0.1, 0.15) is 6.29 Å². The van der Waals surface area contributed by atoms with Crippen molar-refractivity contribution in [1.29, 1.82) is 0 Å². The van der Waals surface area contributed by atoms with Gasteiger partial charge >= 0.3 is 5.69 Å². The first-order valence-electron chi connectivity index (χ1n) is 6.60. The van der Waals surface area contributed by atoms with E-state index in [0.29, 0.717) is 12.8 Å². The van der Waals surface area contributed by atoms with E-state index >= 15 is 0 Å². The second-order valence-corrected chi connectivity index (χ2v) is 4.93. The van der Waals surface area contributed by atoms with Gasteiger partial charge in [0.2, 0.25) is 5.75 Å². The summed E-state index contributed by atoms with van der Waals surface area (Å²) in [6, 6.07) is 2.37. The van der Waals surface area contributed by atoms with Gasteiger partial charge in [0.25, 0.3) is 5.91 Å². The highest BCUT2D eigenvalue weighted by Crippen LogP contribution is 2.37. The number of carbonyl (C=O) groups is 2. The summed E-state index contributed by atoms with van der Waals surface area (Å²) >= 11 is 0. The number of aldehydes is 1. The molecule has 0 spiro atoms. The van der Waals surface area contributed by atoms with Crippen LogP contribution in [0.3, 0.4) is 0 Å². The number of nitro groups is 1. The summed E-state index contributed by atoms with van der Waals surface area (Å²) < 4.78 is 10.2. The maximum atomic E-state index is 11.6. The van der Waals surface area contributed by atoms with E-state index in [1.165, 1.54) is 13.2 Å². The van der Waals surface area contributed by atoms with Gasteiger partial charge in [-0.05, 0) is 12.0 Å². The molecule has 0 radical (unpaired) electrons. The van der Waals surface area contributed by atoms with Gasteiger partial charge in [0.05, 0.1) is 12.0 Å². The summed E-state index contributed by atoms with van der Waals surface area (Å²) in [6.07, 6.45) is 0.467. The van der Waals surface area contributed by atoms with Gasteiger partial charge in [-0.3, -0.25) is 19.7 Å². The van der Waals surface area contributed by atoms with E-state index in [-0.39, 0.29) is 29.6 Å². The molecule has 0 aliphatic rings. The number of ether oxygens (including phenoxy) is 2. The van der Waals surface area contributed by atoms with Crippen LogP contribution in [0.5, 0.6) is 11.5 Å². The van der Waals surface area contributed by atoms with Crippen LogP contribution in [0, 0.1) is 16.0 Å². The van der Waals surface area contributed by atoms with Crippen LogP contribution in [-0.4, -0.2) is 37.4 Å². The summed E-state index contributed by atoms with van der Waals surface area (Å²) in [7, 11) is 1.29. The number of benzene rings is 1. The number of nitrogens with zero attached hydrogens (tertiary/aromatic N) is 1. The Hall–Kier alpha value is -2.64. The fourth-order valence-corrected chi connectivity index (χ4v) is 1.62. The van der Waals surface area contributed by atoms with Crippen LogP contribution >= 0.6 is 0 Å². The van der Waals surface area contributed by atoms with Crippen LogP contribution in [0.1, 0.15) is 24.2 Å². The number of hydrogen-bond donors (Lipinski definition) is 1. The molecule has 1 amide bonds. The molecule has 1 N–H and O–H groups in total. The monoisotopic (exact) mass is 310 g/mol. The first-order chi connectivity index (χ1) is 10.4. The minimum Gasteiger partial charge on any atom is -0.493 e. The van der Waals surface area contributed by atoms with E-state index in [1.54, 1.807) is 0 Å². The Balaban J connectivity index is 2.95. The van der Waals surface area contributed by atoms with E-state index in [0.717, 1.165) is 6.07 Å². The smallest absolute Gasteiger partial charge is 0.315 e. The Bertz CT molecular complexity index is 571. The van der Waals surface area contributed by atoms with E-state index in [9.17, 15) is 19.7 Å². The van der Waals surface area contributed by atoms with Gasteiger partial charge in [0, 0.05) is 18.2 Å². The number of hydrogen-bond acceptors (Lipinski definition) is 6. The zero-order chi connectivity index (χ0) is 16.7. The summed E-state index contributed by atoms with van der Waals surface area (Å²) in [5.74, 6) is -0.282. The lowest BCUT2D eigenvalue weighted by Crippen LogP contribution is -2.31. The van der Waals surface area contributed by atoms with Crippen molar-refractivity contribution < 1.29 is 24.0 Å². The van der Waals surface area contributed by atoms with Gasteiger partial charge in [-0.2, -0.15) is 0 Å². The summed E-state index contributed by atoms with van der Waals surface area (Å²) in [4.78, 5) is 32.8. The second kappa shape index (κ2) is 7.96. The third kappa shape index (κ3) is 4.72. The Morgan fingerprint density at radius 2 is 2.14 bits per heavy atom. The largest absolute Gasteiger partial charge is 0.493 e. The number of carbonyl (C=O) groups excluding carboxylic acids is 2. The average molecular weight is 310 g/mol. The first-order valence-corrected chi connectivity index (χ1v) is 6.60. The molecule has 0 saturated heterocycles. The predicted molar refractivity (Wildman–Crippen MR) is 78.4 cm³/mol. The van der Waals surface area contributed by atoms with Crippen LogP contribution in [0.2, 0.25) is 0 Å². The summed E-state index contributed by atoms with van der Waals surface area (Å²) in [5, 5.41) is 13.7. The van der Waals surface area contributed by atoms with Gasteiger partial charge in [-0.1, -0.05) is 13.8 Å². The van der Waals surface area contributed by atoms with Crippen molar-refractivity contribution in [2.45, 2.75) is 13.8 Å². The average Bonchev–Trinajstić information content (AvgIpc) is 2.49. The lowest BCUT2D eigenvalue weighted by atomic mass is 10.2. The molecule has 0 heterocycles. The molecule has 0 unspecified atom stereocenters. The lowest BCUT2D eigenvalue weighted by molar-refractivity contribution is -0.385. The molecular weight excluding hydrogens is 292 g/mol. The topological polar surface area (TPSA) is 108 Å². The van der Waals surface area contributed by atoms with Crippen molar-refractivity contribution in [3.8, 4) is 11.5 Å². The van der Waals surface area contributed by atoms with Crippen LogP contribution in [0.4, 0.5) is 5.69 Å². The third-order valence-electron chi connectivity index (χ3n) is 2.67. The molecular formula is C14H18N2O6. The molecule has 0 aliphatic heterocycles. The molecule has 120 valence electrons. The number of methoxy groups -OCH3 is 1. The number of nitrogens with one attached hydrogen (secondary N) is 1. The number of nitro benzene ring substituents is 1. The van der Waals surface area contributed by atoms with Gasteiger partial charge in [-0.15, -0.1) is 0 Å². The van der Waals surface area contributed by atoms with Gasteiger partial charge in [0.15, 0.2) is 12.4 Å². The fourth-order valence-electron chi connectivity index (χ4n) is 1.62. The van der Waals surface area contributed by atoms with E-state index in [1.807, 2.05) is 13.8 Å². The van der Waals surface area contributed by atoms with Gasteiger partial charge < -0.3 is 14.8 Å². The zero-order valence-electron chi connectivity index (χ0n) is 12.6. The highest BCUT2D eigenvalue weighted by atomic mass is 16.6. The molecule has 8 nitrogen and oxygen atoms in total. The Morgan fingerprint density at radius 1 is 1.45 bits per heavy atom. The molecule has 1 rings (SSSR count). The minimum atomic E-state index is -0.698. The summed E-state index contributed by atoms with van der Waals surface area (Å²) in [6.45, 7) is 3.97. The zero-order valence-corrected chi connectivity index (χ0v) is 12.6. The molecule has 0 saturated carbocycles. The normalized spacial score (nSPS) is 10.2. The molecule has 0 fully saturated rings. The molecule has 0 aromatic heterocycles. The first kappa shape index (κ1) is 17.4. The highest BCUT2D eigenvalue weighted by Gasteiger charge is 2.23. The molecule has 1 aromatic rings. The van der Waals surface area contributed by atoms with Crippen LogP contribution in [0.15, 0.2) is 12.1 Å². The Morgan fingerprint density at radius 3 is 2.64 bits per heavy atom. The Kier molecular flexibility index (Phi) is 6.30. The molecule has 0 aliphatic carbocycles. The number of amides is 1. The second-order valence-electron chi connectivity index (χ2n) is 4.93. The summed E-state index contributed by atoms with van der Waals surface area (Å²) in [5.41, 5.74) is -0.349. The molecule has 8 heteroatoms. The van der Waals surface area contributed by atoms with E-state index < -0.39 is 16.5 Å².